The van der Waals surface area contributed by atoms with Crippen LogP contribution < -0.4 is 10.6 Å². The Labute approximate surface area is 136 Å². The number of rotatable bonds is 2. The van der Waals surface area contributed by atoms with Gasteiger partial charge in [-0.3, -0.25) is 4.99 Å². The third-order valence-corrected chi connectivity index (χ3v) is 3.57. The van der Waals surface area contributed by atoms with E-state index in [4.69, 9.17) is 15.1 Å². The fraction of sp³-hybridized carbons (Fsp3) is 0.267. The van der Waals surface area contributed by atoms with E-state index >= 15 is 0 Å². The van der Waals surface area contributed by atoms with Gasteiger partial charge in [0.25, 0.3) is 0 Å². The Morgan fingerprint density at radius 1 is 1.24 bits per heavy atom. The second-order valence-electron chi connectivity index (χ2n) is 4.68. The van der Waals surface area contributed by atoms with Crippen LogP contribution in [0.2, 0.25) is 0 Å². The predicted octanol–water partition coefficient (Wildman–Crippen LogP) is 2.74. The van der Waals surface area contributed by atoms with Crippen LogP contribution in [0.5, 0.6) is 0 Å². The van der Waals surface area contributed by atoms with E-state index in [0.29, 0.717) is 13.1 Å². The normalized spacial score (nSPS) is 17.0. The van der Waals surface area contributed by atoms with Crippen molar-refractivity contribution in [1.82, 2.24) is 0 Å². The smallest absolute Gasteiger partial charge is 0.152 e. The fourth-order valence-corrected chi connectivity index (χ4v) is 2.44. The second kappa shape index (κ2) is 7.50. The summed E-state index contributed by atoms with van der Waals surface area (Å²) in [5.41, 5.74) is 8.99. The summed E-state index contributed by atoms with van der Waals surface area (Å²) in [6.45, 7) is 1.26. The zero-order valence-electron chi connectivity index (χ0n) is 11.7. The molecule has 6 heteroatoms. The molecule has 114 valence electrons. The predicted molar refractivity (Wildman–Crippen MR) is 91.4 cm³/mol. The third-order valence-electron chi connectivity index (χ3n) is 3.57. The van der Waals surface area contributed by atoms with Crippen LogP contribution in [-0.4, -0.2) is 31.9 Å². The third kappa shape index (κ3) is 3.23. The van der Waals surface area contributed by atoms with E-state index in [0.717, 1.165) is 22.7 Å². The highest BCUT2D eigenvalue weighted by Crippen LogP contribution is 2.27. The SMILES string of the molecule is CN1c2ccccc2C(c2ccco2)=NCC1CN.Cl.Cl. The maximum Gasteiger partial charge on any atom is 0.152 e. The number of nitrogens with zero attached hydrogens (tertiary/aromatic N) is 2. The molecule has 1 aliphatic heterocycles. The van der Waals surface area contributed by atoms with E-state index in [1.165, 1.54) is 0 Å². The molecule has 0 amide bonds. The molecule has 1 unspecified atom stereocenters. The van der Waals surface area contributed by atoms with Crippen molar-refractivity contribution >= 4 is 36.2 Å². The zero-order valence-corrected chi connectivity index (χ0v) is 13.4. The molecule has 2 N–H and O–H groups in total. The van der Waals surface area contributed by atoms with Crippen molar-refractivity contribution in [2.45, 2.75) is 6.04 Å². The molecule has 0 aliphatic carbocycles. The first-order valence-electron chi connectivity index (χ1n) is 6.42. The van der Waals surface area contributed by atoms with Gasteiger partial charge in [0.1, 0.15) is 5.71 Å². The quantitative estimate of drug-likeness (QED) is 0.922. The molecule has 2 heterocycles. The summed E-state index contributed by atoms with van der Waals surface area (Å²) >= 11 is 0. The summed E-state index contributed by atoms with van der Waals surface area (Å²) in [6, 6.07) is 12.3. The largest absolute Gasteiger partial charge is 0.463 e. The minimum Gasteiger partial charge on any atom is -0.463 e. The monoisotopic (exact) mass is 327 g/mol. The molecule has 0 saturated heterocycles. The van der Waals surface area contributed by atoms with Crippen molar-refractivity contribution in [2.24, 2.45) is 10.7 Å². The number of likely N-dealkylation sites (N-methyl/N-ethyl adjacent to an activating group) is 1. The number of aliphatic imine (C=N–C) groups is 1. The van der Waals surface area contributed by atoms with Crippen molar-refractivity contribution in [3.05, 3.63) is 54.0 Å². The average molecular weight is 328 g/mol. The Balaban J connectivity index is 0.00000110. The van der Waals surface area contributed by atoms with Crippen LogP contribution >= 0.6 is 24.8 Å². The summed E-state index contributed by atoms with van der Waals surface area (Å²) in [5, 5.41) is 0. The molecule has 3 rings (SSSR count). The number of para-hydroxylation sites is 1. The van der Waals surface area contributed by atoms with E-state index in [2.05, 4.69) is 24.1 Å². The second-order valence-corrected chi connectivity index (χ2v) is 4.68. The number of fused-ring (bicyclic) bond motifs is 1. The number of anilines is 1. The van der Waals surface area contributed by atoms with E-state index in [1.807, 2.05) is 24.3 Å². The molecule has 0 bridgehead atoms. The number of halogens is 2. The van der Waals surface area contributed by atoms with E-state index in [9.17, 15) is 0 Å². The first-order chi connectivity index (χ1) is 9.31. The number of hydrogen-bond donors (Lipinski definition) is 1. The summed E-state index contributed by atoms with van der Waals surface area (Å²) in [5.74, 6) is 0.804. The Kier molecular flexibility index (Phi) is 6.27. The molecular weight excluding hydrogens is 309 g/mol. The van der Waals surface area contributed by atoms with Gasteiger partial charge in [-0.2, -0.15) is 0 Å². The fourth-order valence-electron chi connectivity index (χ4n) is 2.44. The Morgan fingerprint density at radius 3 is 2.67 bits per heavy atom. The molecule has 1 atom stereocenters. The van der Waals surface area contributed by atoms with Crippen LogP contribution in [0.3, 0.4) is 0 Å². The van der Waals surface area contributed by atoms with Gasteiger partial charge in [-0.1, -0.05) is 18.2 Å². The average Bonchev–Trinajstić information content (AvgIpc) is 2.93. The summed E-state index contributed by atoms with van der Waals surface area (Å²) in [4.78, 5) is 6.91. The lowest BCUT2D eigenvalue weighted by atomic mass is 10.1. The molecule has 2 aromatic rings. The van der Waals surface area contributed by atoms with Gasteiger partial charge >= 0.3 is 0 Å². The number of hydrogen-bond acceptors (Lipinski definition) is 4. The molecule has 4 nitrogen and oxygen atoms in total. The molecule has 0 fully saturated rings. The van der Waals surface area contributed by atoms with Crippen LogP contribution in [0.4, 0.5) is 5.69 Å². The lowest BCUT2D eigenvalue weighted by Crippen LogP contribution is -2.39. The van der Waals surface area contributed by atoms with Crippen LogP contribution in [0.25, 0.3) is 0 Å². The topological polar surface area (TPSA) is 54.8 Å². The molecule has 0 saturated carbocycles. The first-order valence-corrected chi connectivity index (χ1v) is 6.42. The summed E-state index contributed by atoms with van der Waals surface area (Å²) in [7, 11) is 2.07. The van der Waals surface area contributed by atoms with Crippen LogP contribution in [-0.2, 0) is 0 Å². The lowest BCUT2D eigenvalue weighted by Gasteiger charge is -2.27. The molecule has 21 heavy (non-hydrogen) atoms. The van der Waals surface area contributed by atoms with Gasteiger partial charge in [-0.05, 0) is 18.2 Å². The highest BCUT2D eigenvalue weighted by Gasteiger charge is 2.23. The van der Waals surface area contributed by atoms with Gasteiger partial charge in [0.2, 0.25) is 0 Å². The van der Waals surface area contributed by atoms with Gasteiger partial charge in [0, 0.05) is 24.8 Å². The maximum atomic E-state index is 5.85. The number of benzene rings is 1. The van der Waals surface area contributed by atoms with E-state index < -0.39 is 0 Å². The van der Waals surface area contributed by atoms with Crippen molar-refractivity contribution < 1.29 is 4.42 Å². The standard InChI is InChI=1S/C15H17N3O.2ClH/c1-18-11(9-16)10-17-15(14-7-4-8-19-14)12-5-2-3-6-13(12)18;;/h2-8,11H,9-10,16H2,1H3;2*1H. The highest BCUT2D eigenvalue weighted by molar-refractivity contribution is 6.14. The maximum absolute atomic E-state index is 5.85. The van der Waals surface area contributed by atoms with Gasteiger partial charge < -0.3 is 15.1 Å². The molecule has 1 aliphatic rings. The zero-order chi connectivity index (χ0) is 13.2. The molecular formula is C15H19Cl2N3O. The van der Waals surface area contributed by atoms with Gasteiger partial charge in [0.05, 0.1) is 18.8 Å². The van der Waals surface area contributed by atoms with Crippen molar-refractivity contribution in [3.8, 4) is 0 Å². The molecule has 1 aromatic carbocycles. The summed E-state index contributed by atoms with van der Waals surface area (Å²) in [6.07, 6.45) is 1.68. The number of nitrogens with two attached hydrogens (primary N) is 1. The van der Waals surface area contributed by atoms with Crippen LogP contribution in [0, 0.1) is 0 Å². The van der Waals surface area contributed by atoms with Gasteiger partial charge in [-0.25, -0.2) is 0 Å². The Bertz CT molecular complexity index is 599. The van der Waals surface area contributed by atoms with Gasteiger partial charge in [0.15, 0.2) is 5.76 Å². The van der Waals surface area contributed by atoms with E-state index in [-0.39, 0.29) is 30.9 Å². The lowest BCUT2D eigenvalue weighted by molar-refractivity contribution is 0.557. The minimum absolute atomic E-state index is 0. The summed E-state index contributed by atoms with van der Waals surface area (Å²) < 4.78 is 5.51. The molecule has 1 aromatic heterocycles. The first kappa shape index (κ1) is 17.6. The minimum atomic E-state index is 0. The highest BCUT2D eigenvalue weighted by atomic mass is 35.5. The van der Waals surface area contributed by atoms with Gasteiger partial charge in [-0.15, -0.1) is 24.8 Å². The van der Waals surface area contributed by atoms with Crippen molar-refractivity contribution in [1.29, 1.82) is 0 Å². The van der Waals surface area contributed by atoms with Crippen molar-refractivity contribution in [2.75, 3.05) is 25.0 Å². The number of furan rings is 1. The molecule has 0 spiro atoms. The Morgan fingerprint density at radius 2 is 2.00 bits per heavy atom. The Hall–Kier alpha value is -1.49. The molecule has 0 radical (unpaired) electrons. The van der Waals surface area contributed by atoms with Crippen LogP contribution in [0.1, 0.15) is 11.3 Å². The number of benzodiazepines with no additional fused rings is 1. The van der Waals surface area contributed by atoms with E-state index in [1.54, 1.807) is 6.26 Å². The van der Waals surface area contributed by atoms with Crippen molar-refractivity contribution in [3.63, 3.8) is 0 Å². The van der Waals surface area contributed by atoms with Crippen LogP contribution in [0.15, 0.2) is 52.1 Å².